The number of hydrogen-bond acceptors (Lipinski definition) is 6. The third-order valence-electron chi connectivity index (χ3n) is 6.19. The van der Waals surface area contributed by atoms with E-state index in [-0.39, 0.29) is 29.3 Å². The summed E-state index contributed by atoms with van der Waals surface area (Å²) in [7, 11) is 0.416. The Kier molecular flexibility index (Phi) is 6.55. The fraction of sp³-hybridized carbons (Fsp3) is 0.417. The summed E-state index contributed by atoms with van der Waals surface area (Å²) in [4.78, 5) is 27.2. The van der Waals surface area contributed by atoms with E-state index in [2.05, 4.69) is 5.32 Å². The van der Waals surface area contributed by atoms with E-state index in [1.165, 1.54) is 27.3 Å². The summed E-state index contributed by atoms with van der Waals surface area (Å²) in [6.07, 6.45) is 2.42. The molecule has 0 bridgehead atoms. The predicted octanol–water partition coefficient (Wildman–Crippen LogP) is 2.65. The Balaban J connectivity index is 1.49. The van der Waals surface area contributed by atoms with Crippen LogP contribution in [-0.4, -0.2) is 58.4 Å². The summed E-state index contributed by atoms with van der Waals surface area (Å²) in [5.41, 5.74) is 1.97. The minimum atomic E-state index is -3.92. The Morgan fingerprint density at radius 2 is 1.85 bits per heavy atom. The average Bonchev–Trinajstić information content (AvgIpc) is 3.60. The van der Waals surface area contributed by atoms with E-state index in [0.29, 0.717) is 23.6 Å². The quantitative estimate of drug-likeness (QED) is 0.614. The maximum Gasteiger partial charge on any atom is 0.243 e. The molecule has 2 aromatic rings. The van der Waals surface area contributed by atoms with Gasteiger partial charge in [0.2, 0.25) is 21.8 Å². The number of amides is 2. The van der Waals surface area contributed by atoms with E-state index in [9.17, 15) is 18.0 Å². The van der Waals surface area contributed by atoms with Crippen molar-refractivity contribution in [2.45, 2.75) is 37.1 Å². The number of nitrogens with zero attached hydrogens (tertiary/aromatic N) is 2. The first kappa shape index (κ1) is 24.0. The molecule has 2 aromatic carbocycles. The molecule has 0 spiro atoms. The van der Waals surface area contributed by atoms with Crippen LogP contribution < -0.4 is 19.7 Å². The standard InChI is InChI=1S/C24H29N3O6S/c1-15-11-17-12-19(8-9-21(17)27(15)24(29)16-5-6-16)34(30,31)26(2)14-23(28)25-20-13-18(32-3)7-10-22(20)33-4/h7-10,12-13,15-16H,5-6,11,14H2,1-4H3,(H,25,28). The van der Waals surface area contributed by atoms with Crippen molar-refractivity contribution < 1.29 is 27.5 Å². The molecule has 1 heterocycles. The number of likely N-dealkylation sites (N-methyl/N-ethyl adjacent to an activating group) is 1. The van der Waals surface area contributed by atoms with Crippen molar-refractivity contribution >= 4 is 33.2 Å². The van der Waals surface area contributed by atoms with Gasteiger partial charge in [0, 0.05) is 30.8 Å². The van der Waals surface area contributed by atoms with Gasteiger partial charge in [-0.1, -0.05) is 0 Å². The first-order valence-corrected chi connectivity index (χ1v) is 12.5. The van der Waals surface area contributed by atoms with Crippen molar-refractivity contribution in [1.82, 2.24) is 4.31 Å². The van der Waals surface area contributed by atoms with E-state index in [0.717, 1.165) is 28.4 Å². The monoisotopic (exact) mass is 487 g/mol. The van der Waals surface area contributed by atoms with Gasteiger partial charge in [-0.15, -0.1) is 0 Å². The third kappa shape index (κ3) is 4.60. The van der Waals surface area contributed by atoms with E-state index in [4.69, 9.17) is 9.47 Å². The lowest BCUT2D eigenvalue weighted by molar-refractivity contribution is -0.120. The van der Waals surface area contributed by atoms with Gasteiger partial charge in [-0.25, -0.2) is 8.42 Å². The molecule has 2 aliphatic rings. The van der Waals surface area contributed by atoms with Crippen LogP contribution in [0.4, 0.5) is 11.4 Å². The Morgan fingerprint density at radius 1 is 1.12 bits per heavy atom. The van der Waals surface area contributed by atoms with E-state index < -0.39 is 15.9 Å². The summed E-state index contributed by atoms with van der Waals surface area (Å²) in [5.74, 6) is 0.637. The largest absolute Gasteiger partial charge is 0.497 e. The van der Waals surface area contributed by atoms with Crippen molar-refractivity contribution in [3.63, 3.8) is 0 Å². The highest BCUT2D eigenvalue weighted by atomic mass is 32.2. The van der Waals surface area contributed by atoms with E-state index in [1.807, 2.05) is 6.92 Å². The van der Waals surface area contributed by atoms with Gasteiger partial charge in [0.05, 0.1) is 31.3 Å². The van der Waals surface area contributed by atoms with Gasteiger partial charge in [-0.05, 0) is 62.1 Å². The van der Waals surface area contributed by atoms with Crippen LogP contribution >= 0.6 is 0 Å². The summed E-state index contributed by atoms with van der Waals surface area (Å²) in [5, 5.41) is 2.68. The first-order chi connectivity index (χ1) is 16.1. The summed E-state index contributed by atoms with van der Waals surface area (Å²) in [6.45, 7) is 1.58. The molecule has 4 rings (SSSR count). The topological polar surface area (TPSA) is 105 Å². The number of carbonyl (C=O) groups is 2. The molecule has 1 aliphatic carbocycles. The molecule has 1 saturated carbocycles. The van der Waals surface area contributed by atoms with Gasteiger partial charge >= 0.3 is 0 Å². The number of rotatable bonds is 8. The van der Waals surface area contributed by atoms with Crippen molar-refractivity contribution in [1.29, 1.82) is 0 Å². The van der Waals surface area contributed by atoms with Gasteiger partial charge in [0.1, 0.15) is 11.5 Å². The van der Waals surface area contributed by atoms with Crippen molar-refractivity contribution in [3.05, 3.63) is 42.0 Å². The van der Waals surface area contributed by atoms with Crippen LogP contribution in [0, 0.1) is 5.92 Å². The fourth-order valence-electron chi connectivity index (χ4n) is 4.20. The number of benzene rings is 2. The zero-order chi connectivity index (χ0) is 24.6. The second-order valence-corrected chi connectivity index (χ2v) is 10.7. The molecule has 34 heavy (non-hydrogen) atoms. The summed E-state index contributed by atoms with van der Waals surface area (Å²) < 4.78 is 37.8. The van der Waals surface area contributed by atoms with Gasteiger partial charge in [0.25, 0.3) is 0 Å². The maximum absolute atomic E-state index is 13.2. The molecule has 1 N–H and O–H groups in total. The normalized spacial score (nSPS) is 17.4. The average molecular weight is 488 g/mol. The lowest BCUT2D eigenvalue weighted by Crippen LogP contribution is -2.36. The Labute approximate surface area is 199 Å². The number of nitrogens with one attached hydrogen (secondary N) is 1. The van der Waals surface area contributed by atoms with Gasteiger partial charge in [-0.2, -0.15) is 4.31 Å². The zero-order valence-corrected chi connectivity index (χ0v) is 20.5. The number of anilines is 2. The van der Waals surface area contributed by atoms with E-state index >= 15 is 0 Å². The van der Waals surface area contributed by atoms with Crippen LogP contribution in [0.3, 0.4) is 0 Å². The van der Waals surface area contributed by atoms with Crippen LogP contribution in [0.25, 0.3) is 0 Å². The minimum absolute atomic E-state index is 0.0117. The minimum Gasteiger partial charge on any atom is -0.497 e. The molecule has 1 atom stereocenters. The molecule has 182 valence electrons. The summed E-state index contributed by atoms with van der Waals surface area (Å²) >= 11 is 0. The van der Waals surface area contributed by atoms with Crippen molar-refractivity contribution in [2.24, 2.45) is 5.92 Å². The Morgan fingerprint density at radius 3 is 2.50 bits per heavy atom. The third-order valence-corrected chi connectivity index (χ3v) is 7.99. The van der Waals surface area contributed by atoms with Crippen LogP contribution in [0.1, 0.15) is 25.3 Å². The molecule has 0 radical (unpaired) electrons. The second-order valence-electron chi connectivity index (χ2n) is 8.70. The molecule has 9 nitrogen and oxygen atoms in total. The van der Waals surface area contributed by atoms with Crippen molar-refractivity contribution in [3.8, 4) is 11.5 Å². The molecule has 2 amide bonds. The van der Waals surface area contributed by atoms with Crippen molar-refractivity contribution in [2.75, 3.05) is 38.0 Å². The van der Waals surface area contributed by atoms with Crippen LogP contribution in [0.15, 0.2) is 41.3 Å². The molecule has 0 saturated heterocycles. The highest BCUT2D eigenvalue weighted by molar-refractivity contribution is 7.89. The number of fused-ring (bicyclic) bond motifs is 1. The van der Waals surface area contributed by atoms with Gasteiger partial charge in [-0.3, -0.25) is 9.59 Å². The zero-order valence-electron chi connectivity index (χ0n) is 19.7. The van der Waals surface area contributed by atoms with E-state index in [1.54, 1.807) is 35.2 Å². The first-order valence-electron chi connectivity index (χ1n) is 11.1. The molecule has 1 aliphatic heterocycles. The number of hydrogen-bond donors (Lipinski definition) is 1. The number of sulfonamides is 1. The Bertz CT molecular complexity index is 1230. The molecular formula is C24H29N3O6S. The molecule has 1 unspecified atom stereocenters. The van der Waals surface area contributed by atoms with Gasteiger partial charge < -0.3 is 19.7 Å². The fourth-order valence-corrected chi connectivity index (χ4v) is 5.38. The number of methoxy groups -OCH3 is 2. The highest BCUT2D eigenvalue weighted by Crippen LogP contribution is 2.39. The smallest absolute Gasteiger partial charge is 0.243 e. The number of carbonyl (C=O) groups excluding carboxylic acids is 2. The van der Waals surface area contributed by atoms with Crippen LogP contribution in [0.2, 0.25) is 0 Å². The molecule has 0 aromatic heterocycles. The maximum atomic E-state index is 13.2. The van der Waals surface area contributed by atoms with Crippen LogP contribution in [0.5, 0.6) is 11.5 Å². The summed E-state index contributed by atoms with van der Waals surface area (Å²) in [6, 6.07) is 9.74. The lowest BCUT2D eigenvalue weighted by atomic mass is 10.1. The second kappa shape index (κ2) is 9.27. The highest BCUT2D eigenvalue weighted by Gasteiger charge is 2.40. The SMILES string of the molecule is COc1ccc(OC)c(NC(=O)CN(C)S(=O)(=O)c2ccc3c(c2)CC(C)N3C(=O)C2CC2)c1. The number of ether oxygens (including phenoxy) is 2. The molecule has 1 fully saturated rings. The molecular weight excluding hydrogens is 458 g/mol. The lowest BCUT2D eigenvalue weighted by Gasteiger charge is -2.23. The van der Waals surface area contributed by atoms with Crippen LogP contribution in [-0.2, 0) is 26.0 Å². The predicted molar refractivity (Wildman–Crippen MR) is 128 cm³/mol. The molecule has 10 heteroatoms. The van der Waals surface area contributed by atoms with Gasteiger partial charge in [0.15, 0.2) is 0 Å². The Hall–Kier alpha value is -3.11.